The molecule has 8 nitrogen and oxygen atoms in total. The molecule has 134 valence electrons. The lowest BCUT2D eigenvalue weighted by Crippen LogP contribution is -2.50. The van der Waals surface area contributed by atoms with Crippen molar-refractivity contribution < 1.29 is 27.5 Å². The van der Waals surface area contributed by atoms with E-state index in [4.69, 9.17) is 9.52 Å². The minimum absolute atomic E-state index is 0.0288. The third kappa shape index (κ3) is 3.96. The zero-order valence-electron chi connectivity index (χ0n) is 13.8. The van der Waals surface area contributed by atoms with E-state index in [0.717, 1.165) is 0 Å². The summed E-state index contributed by atoms with van der Waals surface area (Å²) in [6, 6.07) is 1.31. The lowest BCUT2D eigenvalue weighted by Gasteiger charge is -2.37. The maximum Gasteiger partial charge on any atom is 0.323 e. The summed E-state index contributed by atoms with van der Waals surface area (Å²) in [4.78, 5) is 25.1. The molecule has 1 aliphatic heterocycles. The molecule has 1 saturated heterocycles. The van der Waals surface area contributed by atoms with Gasteiger partial charge in [0.2, 0.25) is 10.0 Å². The summed E-state index contributed by atoms with van der Waals surface area (Å²) in [5.74, 6) is -1.44. The van der Waals surface area contributed by atoms with Crippen molar-refractivity contribution in [3.05, 3.63) is 23.7 Å². The van der Waals surface area contributed by atoms with Crippen LogP contribution in [0.4, 0.5) is 0 Å². The van der Waals surface area contributed by atoms with Crippen LogP contribution in [0.25, 0.3) is 0 Å². The van der Waals surface area contributed by atoms with E-state index in [9.17, 15) is 18.0 Å². The fraction of sp³-hybridized carbons (Fsp3) is 0.600. The summed E-state index contributed by atoms with van der Waals surface area (Å²) in [6.07, 6.45) is 2.19. The van der Waals surface area contributed by atoms with Gasteiger partial charge in [-0.1, -0.05) is 0 Å². The van der Waals surface area contributed by atoms with E-state index in [-0.39, 0.29) is 30.6 Å². The number of carboxylic acids is 1. The highest BCUT2D eigenvalue weighted by atomic mass is 32.2. The minimum atomic E-state index is -3.27. The first-order valence-electron chi connectivity index (χ1n) is 7.81. The number of amides is 1. The second-order valence-corrected chi connectivity index (χ2v) is 8.05. The molecule has 0 unspecified atom stereocenters. The first-order chi connectivity index (χ1) is 11.3. The van der Waals surface area contributed by atoms with Gasteiger partial charge in [-0.3, -0.25) is 9.59 Å². The van der Waals surface area contributed by atoms with Crippen molar-refractivity contribution in [1.82, 2.24) is 9.21 Å². The van der Waals surface area contributed by atoms with Crippen LogP contribution >= 0.6 is 0 Å². The van der Waals surface area contributed by atoms with Crippen molar-refractivity contribution in [2.24, 2.45) is 0 Å². The van der Waals surface area contributed by atoms with E-state index in [1.807, 2.05) is 0 Å². The summed E-state index contributed by atoms with van der Waals surface area (Å²) in [5, 5.41) is 9.12. The molecule has 1 fully saturated rings. The fourth-order valence-corrected chi connectivity index (χ4v) is 3.98. The Morgan fingerprint density at radius 1 is 1.38 bits per heavy atom. The average molecular weight is 358 g/mol. The number of furan rings is 1. The van der Waals surface area contributed by atoms with Gasteiger partial charge in [0.1, 0.15) is 6.54 Å². The molecule has 24 heavy (non-hydrogen) atoms. The maximum absolute atomic E-state index is 12.6. The number of carbonyl (C=O) groups is 2. The summed E-state index contributed by atoms with van der Waals surface area (Å²) in [5.41, 5.74) is 0.640. The summed E-state index contributed by atoms with van der Waals surface area (Å²) in [6.45, 7) is 3.42. The van der Waals surface area contributed by atoms with Gasteiger partial charge in [-0.05, 0) is 32.8 Å². The smallest absolute Gasteiger partial charge is 0.323 e. The predicted molar refractivity (Wildman–Crippen MR) is 86.2 cm³/mol. The number of aryl methyl sites for hydroxylation is 1. The average Bonchev–Trinajstić information content (AvgIpc) is 2.98. The van der Waals surface area contributed by atoms with E-state index in [1.165, 1.54) is 15.5 Å². The highest BCUT2D eigenvalue weighted by molar-refractivity contribution is 7.89. The largest absolute Gasteiger partial charge is 0.480 e. The van der Waals surface area contributed by atoms with Crippen LogP contribution < -0.4 is 0 Å². The molecule has 1 N–H and O–H groups in total. The van der Waals surface area contributed by atoms with Gasteiger partial charge in [-0.25, -0.2) is 12.7 Å². The van der Waals surface area contributed by atoms with Gasteiger partial charge >= 0.3 is 5.97 Å². The third-order valence-electron chi connectivity index (χ3n) is 4.25. The number of piperidine rings is 1. The van der Waals surface area contributed by atoms with Crippen LogP contribution in [-0.2, 0) is 14.8 Å². The van der Waals surface area contributed by atoms with Crippen LogP contribution in [0.1, 0.15) is 35.9 Å². The molecule has 0 radical (unpaired) electrons. The Bertz CT molecular complexity index is 703. The first-order valence-corrected chi connectivity index (χ1v) is 9.42. The van der Waals surface area contributed by atoms with Crippen LogP contribution in [0.3, 0.4) is 0 Å². The van der Waals surface area contributed by atoms with Crippen LogP contribution in [0.15, 0.2) is 16.7 Å². The molecule has 1 amide bonds. The molecule has 0 saturated carbocycles. The molecule has 1 aliphatic rings. The molecule has 0 atom stereocenters. The van der Waals surface area contributed by atoms with Crippen LogP contribution in [0.2, 0.25) is 0 Å². The highest BCUT2D eigenvalue weighted by Crippen LogP contribution is 2.22. The zero-order chi connectivity index (χ0) is 17.9. The van der Waals surface area contributed by atoms with E-state index in [0.29, 0.717) is 18.4 Å². The lowest BCUT2D eigenvalue weighted by atomic mass is 10.0. The van der Waals surface area contributed by atoms with Gasteiger partial charge in [-0.2, -0.15) is 0 Å². The Kier molecular flexibility index (Phi) is 5.66. The Labute approximate surface area is 141 Å². The number of sulfonamides is 1. The molecule has 0 aromatic carbocycles. The van der Waals surface area contributed by atoms with E-state index in [1.54, 1.807) is 19.9 Å². The Balaban J connectivity index is 2.14. The summed E-state index contributed by atoms with van der Waals surface area (Å²) < 4.78 is 30.4. The van der Waals surface area contributed by atoms with Gasteiger partial charge in [0.05, 0.1) is 12.0 Å². The van der Waals surface area contributed by atoms with Crippen molar-refractivity contribution in [3.63, 3.8) is 0 Å². The Morgan fingerprint density at radius 3 is 2.46 bits per heavy atom. The van der Waals surface area contributed by atoms with Gasteiger partial charge in [0.25, 0.3) is 5.91 Å². The summed E-state index contributed by atoms with van der Waals surface area (Å²) in [7, 11) is -3.27. The van der Waals surface area contributed by atoms with Gasteiger partial charge in [0, 0.05) is 24.7 Å². The maximum atomic E-state index is 12.6. The van der Waals surface area contributed by atoms with Crippen LogP contribution in [-0.4, -0.2) is 66.0 Å². The third-order valence-corrected chi connectivity index (χ3v) is 6.13. The number of hydrogen-bond acceptors (Lipinski definition) is 5. The normalized spacial score (nSPS) is 16.9. The molecule has 0 spiro atoms. The highest BCUT2D eigenvalue weighted by Gasteiger charge is 2.34. The SMILES string of the molecule is CCS(=O)(=O)N1CCC(N(CC(=O)O)C(=O)c2occc2C)CC1. The van der Waals surface area contributed by atoms with Crippen molar-refractivity contribution >= 4 is 21.9 Å². The molecule has 1 aromatic heterocycles. The van der Waals surface area contributed by atoms with Crippen molar-refractivity contribution in [3.8, 4) is 0 Å². The van der Waals surface area contributed by atoms with E-state index < -0.39 is 28.4 Å². The number of aliphatic carboxylic acids is 1. The molecule has 0 aliphatic carbocycles. The van der Waals surface area contributed by atoms with E-state index >= 15 is 0 Å². The van der Waals surface area contributed by atoms with Crippen molar-refractivity contribution in [1.29, 1.82) is 0 Å². The number of carboxylic acid groups (broad SMARTS) is 1. The zero-order valence-corrected chi connectivity index (χ0v) is 14.6. The number of carbonyl (C=O) groups excluding carboxylic acids is 1. The van der Waals surface area contributed by atoms with Gasteiger partial charge in [0.15, 0.2) is 5.76 Å². The molecule has 9 heteroatoms. The molecular formula is C15H22N2O6S. The number of rotatable bonds is 6. The van der Waals surface area contributed by atoms with Gasteiger partial charge in [-0.15, -0.1) is 0 Å². The molecule has 1 aromatic rings. The molecule has 0 bridgehead atoms. The molecule has 2 heterocycles. The fourth-order valence-electron chi connectivity index (χ4n) is 2.85. The molecule has 2 rings (SSSR count). The quantitative estimate of drug-likeness (QED) is 0.810. The minimum Gasteiger partial charge on any atom is -0.480 e. The standard InChI is InChI=1S/C15H22N2O6S/c1-3-24(21,22)16-7-4-12(5-8-16)17(10-13(18)19)15(20)14-11(2)6-9-23-14/h6,9,12H,3-5,7-8,10H2,1-2H3,(H,18,19). The van der Waals surface area contributed by atoms with Crippen molar-refractivity contribution in [2.45, 2.75) is 32.7 Å². The Hall–Kier alpha value is -1.87. The van der Waals surface area contributed by atoms with Crippen LogP contribution in [0.5, 0.6) is 0 Å². The first kappa shape index (κ1) is 18.5. The molecular weight excluding hydrogens is 336 g/mol. The number of hydrogen-bond donors (Lipinski definition) is 1. The second kappa shape index (κ2) is 7.35. The van der Waals surface area contributed by atoms with Crippen LogP contribution in [0, 0.1) is 6.92 Å². The monoisotopic (exact) mass is 358 g/mol. The van der Waals surface area contributed by atoms with Gasteiger partial charge < -0.3 is 14.4 Å². The van der Waals surface area contributed by atoms with E-state index in [2.05, 4.69) is 0 Å². The Morgan fingerprint density at radius 2 is 2.00 bits per heavy atom. The lowest BCUT2D eigenvalue weighted by molar-refractivity contribution is -0.138. The number of nitrogens with zero attached hydrogens (tertiary/aromatic N) is 2. The second-order valence-electron chi connectivity index (χ2n) is 5.79. The van der Waals surface area contributed by atoms with Crippen molar-refractivity contribution in [2.75, 3.05) is 25.4 Å². The summed E-state index contributed by atoms with van der Waals surface area (Å²) >= 11 is 0. The topological polar surface area (TPSA) is 108 Å². The predicted octanol–water partition coefficient (Wildman–Crippen LogP) is 0.929.